The summed E-state index contributed by atoms with van der Waals surface area (Å²) in [6, 6.07) is 16.0. The highest BCUT2D eigenvalue weighted by Gasteiger charge is 2.16. The van der Waals surface area contributed by atoms with Gasteiger partial charge < -0.3 is 15.0 Å². The molecule has 31 heavy (non-hydrogen) atoms. The van der Waals surface area contributed by atoms with Gasteiger partial charge >= 0.3 is 6.09 Å². The molecular weight excluding hydrogens is 392 g/mol. The molecule has 1 aromatic carbocycles. The largest absolute Gasteiger partial charge is 0.450 e. The second-order valence-electron chi connectivity index (χ2n) is 6.86. The maximum atomic E-state index is 12.0. The van der Waals surface area contributed by atoms with Crippen LogP contribution >= 0.6 is 0 Å². The Balaban J connectivity index is 1.70. The van der Waals surface area contributed by atoms with Crippen molar-refractivity contribution in [1.82, 2.24) is 25.6 Å². The monoisotopic (exact) mass is 420 g/mol. The fourth-order valence-corrected chi connectivity index (χ4v) is 3.13. The predicted molar refractivity (Wildman–Crippen MR) is 120 cm³/mol. The molecule has 0 fully saturated rings. The van der Waals surface area contributed by atoms with Crippen LogP contribution in [0.15, 0.2) is 72.2 Å². The van der Waals surface area contributed by atoms with Crippen molar-refractivity contribution >= 4 is 12.1 Å². The lowest BCUT2D eigenvalue weighted by molar-refractivity contribution is 0.157. The molecule has 2 heterocycles. The quantitative estimate of drug-likeness (QED) is 0.280. The molecule has 3 aromatic rings. The highest BCUT2D eigenvalue weighted by molar-refractivity contribution is 5.93. The standard InChI is InChI=1S/C23H28N6O2/c1-2-31-23(30)29-22(26-14-8-11-19-15-24-17-28-19)27-16-20(18-9-4-3-5-10-18)21-12-6-7-13-25-21/h3-7,9-10,12-13,15,17,20H,2,8,11,14,16H2,1H3,(H,24,28)(H2,26,27,29,30). The average Bonchev–Trinajstić information content (AvgIpc) is 3.32. The summed E-state index contributed by atoms with van der Waals surface area (Å²) in [7, 11) is 0. The Hall–Kier alpha value is -3.68. The van der Waals surface area contributed by atoms with Gasteiger partial charge in [-0.05, 0) is 37.5 Å². The van der Waals surface area contributed by atoms with E-state index in [1.54, 1.807) is 19.4 Å². The zero-order chi connectivity index (χ0) is 21.7. The minimum Gasteiger partial charge on any atom is -0.450 e. The topological polar surface area (TPSA) is 104 Å². The molecule has 8 nitrogen and oxygen atoms in total. The summed E-state index contributed by atoms with van der Waals surface area (Å²) < 4.78 is 5.02. The van der Waals surface area contributed by atoms with Gasteiger partial charge in [0.25, 0.3) is 0 Å². The first-order valence-electron chi connectivity index (χ1n) is 10.4. The molecule has 162 valence electrons. The molecule has 0 aliphatic heterocycles. The van der Waals surface area contributed by atoms with Crippen LogP contribution in [0.3, 0.4) is 0 Å². The Morgan fingerprint density at radius 1 is 1.19 bits per heavy atom. The molecule has 0 saturated heterocycles. The fourth-order valence-electron chi connectivity index (χ4n) is 3.13. The number of H-pyrrole nitrogens is 1. The number of pyridine rings is 1. The van der Waals surface area contributed by atoms with Gasteiger partial charge in [-0.15, -0.1) is 0 Å². The Morgan fingerprint density at radius 2 is 2.03 bits per heavy atom. The van der Waals surface area contributed by atoms with Gasteiger partial charge in [-0.3, -0.25) is 15.3 Å². The molecule has 3 rings (SSSR count). The van der Waals surface area contributed by atoms with Crippen molar-refractivity contribution < 1.29 is 9.53 Å². The summed E-state index contributed by atoms with van der Waals surface area (Å²) in [5.41, 5.74) is 3.10. The molecule has 0 saturated carbocycles. The maximum absolute atomic E-state index is 12.0. The van der Waals surface area contributed by atoms with Crippen LogP contribution in [0.4, 0.5) is 4.79 Å². The fraction of sp³-hybridized carbons (Fsp3) is 0.304. The summed E-state index contributed by atoms with van der Waals surface area (Å²) >= 11 is 0. The molecule has 0 aliphatic rings. The van der Waals surface area contributed by atoms with Crippen LogP contribution < -0.4 is 10.6 Å². The molecule has 0 aliphatic carbocycles. The van der Waals surface area contributed by atoms with Gasteiger partial charge in [-0.25, -0.2) is 9.78 Å². The van der Waals surface area contributed by atoms with Crippen molar-refractivity contribution in [1.29, 1.82) is 0 Å². The number of nitrogens with zero attached hydrogens (tertiary/aromatic N) is 3. The number of aromatic nitrogens is 3. The van der Waals surface area contributed by atoms with Gasteiger partial charge in [0.2, 0.25) is 5.96 Å². The molecule has 1 atom stereocenters. The number of aryl methyl sites for hydroxylation is 1. The van der Waals surface area contributed by atoms with E-state index >= 15 is 0 Å². The van der Waals surface area contributed by atoms with Crippen LogP contribution in [0.2, 0.25) is 0 Å². The molecular formula is C23H28N6O2. The number of alkyl carbamates (subject to hydrolysis) is 1. The number of amides is 1. The number of imidazole rings is 1. The zero-order valence-corrected chi connectivity index (χ0v) is 17.6. The lowest BCUT2D eigenvalue weighted by atomic mass is 9.95. The number of hydrogen-bond acceptors (Lipinski definition) is 5. The third-order valence-electron chi connectivity index (χ3n) is 4.64. The summed E-state index contributed by atoms with van der Waals surface area (Å²) in [4.78, 5) is 28.3. The van der Waals surface area contributed by atoms with E-state index in [2.05, 4.69) is 42.7 Å². The van der Waals surface area contributed by atoms with Gasteiger partial charge in [-0.1, -0.05) is 36.4 Å². The Labute approximate surface area is 182 Å². The molecule has 1 amide bonds. The van der Waals surface area contributed by atoms with Crippen LogP contribution in [0.5, 0.6) is 0 Å². The first kappa shape index (κ1) is 22.0. The van der Waals surface area contributed by atoms with E-state index in [-0.39, 0.29) is 5.92 Å². The number of carbonyl (C=O) groups is 1. The van der Waals surface area contributed by atoms with E-state index in [4.69, 9.17) is 4.74 Å². The number of ether oxygens (including phenoxy) is 1. The Morgan fingerprint density at radius 3 is 2.74 bits per heavy atom. The highest BCUT2D eigenvalue weighted by Crippen LogP contribution is 2.23. The van der Waals surface area contributed by atoms with Crippen molar-refractivity contribution in [2.75, 3.05) is 19.7 Å². The van der Waals surface area contributed by atoms with Gasteiger partial charge in [-0.2, -0.15) is 0 Å². The number of rotatable bonds is 9. The first-order valence-corrected chi connectivity index (χ1v) is 10.4. The number of aliphatic imine (C=N–C) groups is 1. The second kappa shape index (κ2) is 12.1. The van der Waals surface area contributed by atoms with Crippen LogP contribution in [0.25, 0.3) is 0 Å². The van der Waals surface area contributed by atoms with Crippen molar-refractivity contribution in [2.24, 2.45) is 4.99 Å². The van der Waals surface area contributed by atoms with E-state index < -0.39 is 6.09 Å². The number of nitrogens with one attached hydrogen (secondary N) is 3. The lowest BCUT2D eigenvalue weighted by Gasteiger charge is -2.17. The third kappa shape index (κ3) is 7.26. The summed E-state index contributed by atoms with van der Waals surface area (Å²) in [6.45, 7) is 3.13. The lowest BCUT2D eigenvalue weighted by Crippen LogP contribution is -2.42. The minimum absolute atomic E-state index is 0.0341. The van der Waals surface area contributed by atoms with E-state index in [1.807, 2.05) is 42.6 Å². The summed E-state index contributed by atoms with van der Waals surface area (Å²) in [6.07, 6.45) is 6.42. The van der Waals surface area contributed by atoms with Gasteiger partial charge in [0.05, 0.1) is 19.5 Å². The smallest absolute Gasteiger partial charge is 0.413 e. The highest BCUT2D eigenvalue weighted by atomic mass is 16.5. The number of guanidine groups is 1. The first-order chi connectivity index (χ1) is 15.3. The number of aromatic amines is 1. The minimum atomic E-state index is -0.531. The van der Waals surface area contributed by atoms with E-state index in [9.17, 15) is 4.79 Å². The van der Waals surface area contributed by atoms with Crippen LogP contribution in [-0.2, 0) is 11.2 Å². The van der Waals surface area contributed by atoms with E-state index in [0.29, 0.717) is 25.7 Å². The Kier molecular flexibility index (Phi) is 8.60. The Bertz CT molecular complexity index is 890. The van der Waals surface area contributed by atoms with Gasteiger partial charge in [0, 0.05) is 36.2 Å². The van der Waals surface area contributed by atoms with Crippen LogP contribution in [0, 0.1) is 0 Å². The number of hydrogen-bond donors (Lipinski definition) is 3. The van der Waals surface area contributed by atoms with Crippen molar-refractivity contribution in [2.45, 2.75) is 25.7 Å². The molecule has 1 unspecified atom stereocenters. The second-order valence-corrected chi connectivity index (χ2v) is 6.86. The molecule has 2 aromatic heterocycles. The van der Waals surface area contributed by atoms with Crippen LogP contribution in [0.1, 0.15) is 36.2 Å². The van der Waals surface area contributed by atoms with Gasteiger partial charge in [0.1, 0.15) is 0 Å². The number of benzene rings is 1. The van der Waals surface area contributed by atoms with Gasteiger partial charge in [0.15, 0.2) is 0 Å². The molecule has 0 radical (unpaired) electrons. The predicted octanol–water partition coefficient (Wildman–Crippen LogP) is 3.26. The summed E-state index contributed by atoms with van der Waals surface area (Å²) in [5, 5.41) is 5.92. The van der Waals surface area contributed by atoms with Crippen LogP contribution in [-0.4, -0.2) is 46.7 Å². The zero-order valence-electron chi connectivity index (χ0n) is 17.6. The summed E-state index contributed by atoms with van der Waals surface area (Å²) in [5.74, 6) is 0.355. The SMILES string of the molecule is CCOC(=O)NC(=NCC(c1ccccc1)c1ccccn1)NCCCc1cnc[nH]1. The number of carbonyl (C=O) groups excluding carboxylic acids is 1. The molecule has 0 spiro atoms. The van der Waals surface area contributed by atoms with Crippen molar-refractivity contribution in [3.05, 3.63) is 84.2 Å². The van der Waals surface area contributed by atoms with Crippen molar-refractivity contribution in [3.63, 3.8) is 0 Å². The van der Waals surface area contributed by atoms with Crippen molar-refractivity contribution in [3.8, 4) is 0 Å². The average molecular weight is 421 g/mol. The normalized spacial score (nSPS) is 12.2. The third-order valence-corrected chi connectivity index (χ3v) is 4.64. The van der Waals surface area contributed by atoms with E-state index in [1.165, 1.54) is 0 Å². The molecule has 0 bridgehead atoms. The molecule has 3 N–H and O–H groups in total. The molecule has 8 heteroatoms. The maximum Gasteiger partial charge on any atom is 0.413 e. The van der Waals surface area contributed by atoms with E-state index in [0.717, 1.165) is 29.8 Å².